The zero-order chi connectivity index (χ0) is 15.1. The van der Waals surface area contributed by atoms with Crippen LogP contribution in [0, 0.1) is 5.92 Å². The van der Waals surface area contributed by atoms with Gasteiger partial charge in [0.1, 0.15) is 6.23 Å². The predicted octanol–water partition coefficient (Wildman–Crippen LogP) is 3.88. The van der Waals surface area contributed by atoms with E-state index in [9.17, 15) is 0 Å². The summed E-state index contributed by atoms with van der Waals surface area (Å²) >= 11 is 5.65. The molecular weight excluding hydrogens is 292 g/mol. The summed E-state index contributed by atoms with van der Waals surface area (Å²) in [6.07, 6.45) is 6.73. The maximum atomic E-state index is 6.13. The van der Waals surface area contributed by atoms with E-state index in [1.807, 2.05) is 0 Å². The maximum absolute atomic E-state index is 6.13. The Bertz CT molecular complexity index is 695. The highest BCUT2D eigenvalue weighted by Crippen LogP contribution is 2.36. The average Bonchev–Trinajstić information content (AvgIpc) is 3.14. The predicted molar refractivity (Wildman–Crippen MR) is 93.0 cm³/mol. The van der Waals surface area contributed by atoms with Crippen LogP contribution in [0.25, 0.3) is 10.9 Å². The number of ether oxygens (including phenoxy) is 1. The Hall–Kier alpha value is -1.39. The molecule has 1 aromatic heterocycles. The van der Waals surface area contributed by atoms with Crippen LogP contribution in [-0.2, 0) is 11.2 Å². The largest absolute Gasteiger partial charge is 0.361 e. The number of nitrogens with zero attached hydrogens (tertiary/aromatic N) is 1. The minimum absolute atomic E-state index is 0.210. The summed E-state index contributed by atoms with van der Waals surface area (Å²) in [6, 6.07) is 8.88. The van der Waals surface area contributed by atoms with Gasteiger partial charge < -0.3 is 14.6 Å². The Morgan fingerprint density at radius 2 is 2.23 bits per heavy atom. The smallest absolute Gasteiger partial charge is 0.133 e. The third-order valence-corrected chi connectivity index (χ3v) is 5.62. The molecule has 0 amide bonds. The van der Waals surface area contributed by atoms with Gasteiger partial charge in [0.25, 0.3) is 0 Å². The minimum atomic E-state index is 0.210. The Labute approximate surface area is 136 Å². The summed E-state index contributed by atoms with van der Waals surface area (Å²) in [5.74, 6) is 0.625. The first-order chi connectivity index (χ1) is 10.8. The minimum Gasteiger partial charge on any atom is -0.361 e. The fourth-order valence-corrected chi connectivity index (χ4v) is 4.36. The van der Waals surface area contributed by atoms with Crippen molar-refractivity contribution in [1.82, 2.24) is 9.88 Å². The van der Waals surface area contributed by atoms with Crippen molar-refractivity contribution in [3.8, 4) is 0 Å². The maximum Gasteiger partial charge on any atom is 0.133 e. The monoisotopic (exact) mass is 314 g/mol. The van der Waals surface area contributed by atoms with Gasteiger partial charge in [0.2, 0.25) is 0 Å². The van der Waals surface area contributed by atoms with Crippen LogP contribution < -0.4 is 0 Å². The van der Waals surface area contributed by atoms with Crippen LogP contribution in [0.1, 0.15) is 31.7 Å². The molecule has 116 valence electrons. The average molecular weight is 314 g/mol. The van der Waals surface area contributed by atoms with Crippen LogP contribution >= 0.6 is 12.2 Å². The molecule has 2 saturated heterocycles. The van der Waals surface area contributed by atoms with Crippen molar-refractivity contribution in [2.45, 2.75) is 44.9 Å². The molecule has 0 unspecified atom stereocenters. The van der Waals surface area contributed by atoms with E-state index in [4.69, 9.17) is 17.0 Å². The van der Waals surface area contributed by atoms with Crippen molar-refractivity contribution in [3.05, 3.63) is 36.0 Å². The number of rotatable bonds is 3. The van der Waals surface area contributed by atoms with Gasteiger partial charge in [0.15, 0.2) is 0 Å². The Kier molecular flexibility index (Phi) is 3.66. The molecule has 1 aromatic carbocycles. The van der Waals surface area contributed by atoms with Gasteiger partial charge >= 0.3 is 0 Å². The van der Waals surface area contributed by atoms with Gasteiger partial charge in [0.05, 0.1) is 17.6 Å². The van der Waals surface area contributed by atoms with Crippen molar-refractivity contribution >= 4 is 28.1 Å². The molecule has 3 heterocycles. The van der Waals surface area contributed by atoms with Crippen molar-refractivity contribution < 1.29 is 4.74 Å². The van der Waals surface area contributed by atoms with Gasteiger partial charge in [-0.2, -0.15) is 0 Å². The fourth-order valence-electron chi connectivity index (χ4n) is 3.98. The summed E-state index contributed by atoms with van der Waals surface area (Å²) in [6.45, 7) is 3.05. The molecule has 2 aliphatic rings. The molecule has 2 fully saturated rings. The van der Waals surface area contributed by atoms with Crippen molar-refractivity contribution in [2.75, 3.05) is 6.61 Å². The number of piperidine rings is 1. The van der Waals surface area contributed by atoms with Crippen molar-refractivity contribution in [1.29, 1.82) is 0 Å². The number of H-pyrrole nitrogens is 1. The molecule has 0 aliphatic carbocycles. The van der Waals surface area contributed by atoms with Gasteiger partial charge in [-0.1, -0.05) is 37.3 Å². The molecule has 22 heavy (non-hydrogen) atoms. The summed E-state index contributed by atoms with van der Waals surface area (Å²) in [5, 5.41) is 1.32. The molecule has 0 radical (unpaired) electrons. The number of nitrogens with one attached hydrogen (secondary N) is 1. The van der Waals surface area contributed by atoms with Crippen LogP contribution in [-0.4, -0.2) is 33.7 Å². The Morgan fingerprint density at radius 1 is 1.36 bits per heavy atom. The first kappa shape index (κ1) is 14.2. The van der Waals surface area contributed by atoms with E-state index in [-0.39, 0.29) is 6.23 Å². The topological polar surface area (TPSA) is 28.3 Å². The van der Waals surface area contributed by atoms with Crippen LogP contribution in [0.2, 0.25) is 0 Å². The zero-order valence-corrected chi connectivity index (χ0v) is 13.7. The number of aromatic amines is 1. The highest BCUT2D eigenvalue weighted by molar-refractivity contribution is 7.80. The highest BCUT2D eigenvalue weighted by atomic mass is 32.1. The van der Waals surface area contributed by atoms with E-state index >= 15 is 0 Å². The number of thiocarbonyl (C=S) groups is 1. The summed E-state index contributed by atoms with van der Waals surface area (Å²) < 4.78 is 6.13. The van der Waals surface area contributed by atoms with E-state index in [0.717, 1.165) is 24.4 Å². The summed E-state index contributed by atoms with van der Waals surface area (Å²) in [5.41, 5.74) is 2.58. The number of fused-ring (bicyclic) bond motifs is 2. The number of aromatic nitrogens is 1. The van der Waals surface area contributed by atoms with Crippen LogP contribution in [0.5, 0.6) is 0 Å². The molecule has 2 aliphatic heterocycles. The number of hydrogen-bond donors (Lipinski definition) is 1. The lowest BCUT2D eigenvalue weighted by atomic mass is 9.92. The second kappa shape index (κ2) is 5.67. The van der Waals surface area contributed by atoms with Gasteiger partial charge in [-0.3, -0.25) is 0 Å². The number of hydrogen-bond acceptors (Lipinski definition) is 2. The quantitative estimate of drug-likeness (QED) is 0.871. The molecule has 1 N–H and O–H groups in total. The molecule has 3 nitrogen and oxygen atoms in total. The highest BCUT2D eigenvalue weighted by Gasteiger charge is 2.42. The van der Waals surface area contributed by atoms with Gasteiger partial charge in [0, 0.05) is 23.0 Å². The summed E-state index contributed by atoms with van der Waals surface area (Å²) in [7, 11) is 0. The molecule has 4 heteroatoms. The van der Waals surface area contributed by atoms with E-state index in [1.54, 1.807) is 0 Å². The first-order valence-electron chi connectivity index (χ1n) is 8.25. The van der Waals surface area contributed by atoms with E-state index in [2.05, 4.69) is 47.3 Å². The van der Waals surface area contributed by atoms with Crippen LogP contribution in [0.4, 0.5) is 0 Å². The zero-order valence-electron chi connectivity index (χ0n) is 12.9. The summed E-state index contributed by atoms with van der Waals surface area (Å²) in [4.78, 5) is 6.87. The first-order valence-corrected chi connectivity index (χ1v) is 8.66. The van der Waals surface area contributed by atoms with Gasteiger partial charge in [-0.15, -0.1) is 0 Å². The molecule has 0 spiro atoms. The molecule has 0 bridgehead atoms. The standard InChI is InChI=1S/C18H22N2OS/c1-2-12-7-8-17(22)20-14(11-21-18(12)20)9-13-10-19-16-6-4-3-5-15(13)16/h3-6,10,12,14,18-19H,2,7-9,11H2,1H3/t12-,14+,18+/m1/s1. The van der Waals surface area contributed by atoms with E-state index in [0.29, 0.717) is 12.0 Å². The molecule has 4 rings (SSSR count). The van der Waals surface area contributed by atoms with Gasteiger partial charge in [-0.05, 0) is 37.3 Å². The third kappa shape index (κ3) is 2.25. The van der Waals surface area contributed by atoms with E-state index in [1.165, 1.54) is 29.3 Å². The molecule has 2 aromatic rings. The second-order valence-electron chi connectivity index (χ2n) is 6.45. The van der Waals surface area contributed by atoms with Crippen LogP contribution in [0.3, 0.4) is 0 Å². The lowest BCUT2D eigenvalue weighted by molar-refractivity contribution is -0.000145. The second-order valence-corrected chi connectivity index (χ2v) is 6.92. The fraction of sp³-hybridized carbons (Fsp3) is 0.500. The number of benzene rings is 1. The lowest BCUT2D eigenvalue weighted by Crippen LogP contribution is -2.48. The Morgan fingerprint density at radius 3 is 3.09 bits per heavy atom. The van der Waals surface area contributed by atoms with Crippen LogP contribution in [0.15, 0.2) is 30.5 Å². The Balaban J connectivity index is 1.59. The SMILES string of the molecule is CC[C@@H]1CCC(=S)N2[C@@H](Cc3c[nH]c4ccccc34)CO[C@@H]12. The van der Waals surface area contributed by atoms with Gasteiger partial charge in [-0.25, -0.2) is 0 Å². The lowest BCUT2D eigenvalue weighted by Gasteiger charge is -2.39. The molecule has 3 atom stereocenters. The molecular formula is C18H22N2OS. The van der Waals surface area contributed by atoms with Crippen molar-refractivity contribution in [3.63, 3.8) is 0 Å². The van der Waals surface area contributed by atoms with Crippen molar-refractivity contribution in [2.24, 2.45) is 5.92 Å². The molecule has 0 saturated carbocycles. The third-order valence-electron chi connectivity index (χ3n) is 5.20. The number of para-hydroxylation sites is 1. The van der Waals surface area contributed by atoms with E-state index < -0.39 is 0 Å². The normalized spacial score (nSPS) is 28.3.